The summed E-state index contributed by atoms with van der Waals surface area (Å²) in [6.07, 6.45) is 1.87. The highest BCUT2D eigenvalue weighted by atomic mass is 15.2. The fourth-order valence-corrected chi connectivity index (χ4v) is 7.31. The van der Waals surface area contributed by atoms with Crippen LogP contribution in [0.15, 0.2) is 164 Å². The van der Waals surface area contributed by atoms with Crippen molar-refractivity contribution in [3.63, 3.8) is 0 Å². The summed E-state index contributed by atoms with van der Waals surface area (Å²) in [5.41, 5.74) is 11.7. The highest BCUT2D eigenvalue weighted by Gasteiger charge is 2.20. The van der Waals surface area contributed by atoms with Crippen molar-refractivity contribution in [3.8, 4) is 34.0 Å². The molecule has 48 heavy (non-hydrogen) atoms. The first kappa shape index (κ1) is 26.6. The van der Waals surface area contributed by atoms with Crippen molar-refractivity contribution in [2.45, 2.75) is 0 Å². The molecule has 4 heterocycles. The van der Waals surface area contributed by atoms with Gasteiger partial charge in [-0.1, -0.05) is 103 Å². The number of para-hydroxylation sites is 3. The average Bonchev–Trinajstić information content (AvgIpc) is 3.68. The fourth-order valence-electron chi connectivity index (χ4n) is 7.31. The van der Waals surface area contributed by atoms with Gasteiger partial charge in [0.2, 0.25) is 5.95 Å². The number of nitrogens with zero attached hydrogens (tertiary/aromatic N) is 5. The van der Waals surface area contributed by atoms with Gasteiger partial charge in [-0.2, -0.15) is 0 Å². The first-order chi connectivity index (χ1) is 23.8. The molecule has 0 aliphatic heterocycles. The monoisotopic (exact) mass is 613 g/mol. The Hall–Kier alpha value is -6.59. The van der Waals surface area contributed by atoms with Gasteiger partial charge in [0.25, 0.3) is 0 Å². The lowest BCUT2D eigenvalue weighted by molar-refractivity contribution is 1.01. The van der Waals surface area contributed by atoms with Gasteiger partial charge in [-0.25, -0.2) is 9.97 Å². The van der Waals surface area contributed by atoms with Gasteiger partial charge in [0.05, 0.1) is 38.8 Å². The van der Waals surface area contributed by atoms with Gasteiger partial charge in [-0.3, -0.25) is 9.55 Å². The van der Waals surface area contributed by atoms with Crippen LogP contribution in [-0.4, -0.2) is 24.1 Å². The Labute approximate surface area is 276 Å². The maximum absolute atomic E-state index is 5.27. The molecule has 0 saturated carbocycles. The smallest absolute Gasteiger partial charge is 0.235 e. The molecule has 0 unspecified atom stereocenters. The van der Waals surface area contributed by atoms with Crippen LogP contribution in [0.25, 0.3) is 88.7 Å². The molecule has 5 nitrogen and oxygen atoms in total. The predicted octanol–water partition coefficient (Wildman–Crippen LogP) is 10.6. The maximum atomic E-state index is 5.27. The lowest BCUT2D eigenvalue weighted by atomic mass is 9.98. The van der Waals surface area contributed by atoms with Crippen molar-refractivity contribution >= 4 is 54.6 Å². The number of hydrogen-bond acceptors (Lipinski definition) is 3. The Bertz CT molecular complexity index is 2830. The zero-order valence-corrected chi connectivity index (χ0v) is 25.8. The van der Waals surface area contributed by atoms with Crippen LogP contribution >= 0.6 is 0 Å². The Morgan fingerprint density at radius 2 is 1.17 bits per heavy atom. The largest absolute Gasteiger partial charge is 0.308 e. The second kappa shape index (κ2) is 10.5. The van der Waals surface area contributed by atoms with Gasteiger partial charge in [0.1, 0.15) is 0 Å². The van der Waals surface area contributed by atoms with Crippen molar-refractivity contribution in [1.82, 2.24) is 24.1 Å². The van der Waals surface area contributed by atoms with Crippen molar-refractivity contribution in [1.29, 1.82) is 0 Å². The first-order valence-electron chi connectivity index (χ1n) is 16.1. The first-order valence-corrected chi connectivity index (χ1v) is 16.1. The third kappa shape index (κ3) is 3.94. The molecule has 0 spiro atoms. The molecule has 0 N–H and O–H groups in total. The van der Waals surface area contributed by atoms with Gasteiger partial charge < -0.3 is 4.57 Å². The van der Waals surface area contributed by atoms with Crippen LogP contribution in [0.1, 0.15) is 0 Å². The van der Waals surface area contributed by atoms with E-state index in [1.807, 2.05) is 24.4 Å². The van der Waals surface area contributed by atoms with E-state index in [2.05, 4.69) is 149 Å². The quantitative estimate of drug-likeness (QED) is 0.198. The summed E-state index contributed by atoms with van der Waals surface area (Å²) in [4.78, 5) is 15.2. The summed E-state index contributed by atoms with van der Waals surface area (Å²) in [6, 6.07) is 55.2. The molecule has 0 atom stereocenters. The molecule has 10 aromatic rings. The normalized spacial score (nSPS) is 11.8. The van der Waals surface area contributed by atoms with Gasteiger partial charge in [-0.15, -0.1) is 0 Å². The van der Waals surface area contributed by atoms with E-state index in [0.717, 1.165) is 77.3 Å². The van der Waals surface area contributed by atoms with E-state index in [1.54, 1.807) is 0 Å². The minimum Gasteiger partial charge on any atom is -0.308 e. The summed E-state index contributed by atoms with van der Waals surface area (Å²) in [6.45, 7) is 0. The molecule has 0 aliphatic rings. The zero-order chi connectivity index (χ0) is 31.6. The Morgan fingerprint density at radius 3 is 2.04 bits per heavy atom. The van der Waals surface area contributed by atoms with Crippen LogP contribution in [0.4, 0.5) is 0 Å². The second-order valence-electron chi connectivity index (χ2n) is 12.1. The van der Waals surface area contributed by atoms with Gasteiger partial charge in [0.15, 0.2) is 0 Å². The van der Waals surface area contributed by atoms with Crippen LogP contribution in [0.2, 0.25) is 0 Å². The topological polar surface area (TPSA) is 48.5 Å². The minimum absolute atomic E-state index is 0.654. The molecule has 224 valence electrons. The summed E-state index contributed by atoms with van der Waals surface area (Å²) >= 11 is 0. The molecule has 0 amide bonds. The molecule has 0 saturated heterocycles. The number of hydrogen-bond donors (Lipinski definition) is 0. The lowest BCUT2D eigenvalue weighted by Gasteiger charge is -2.12. The van der Waals surface area contributed by atoms with Gasteiger partial charge in [-0.05, 0) is 65.7 Å². The summed E-state index contributed by atoms with van der Waals surface area (Å²) in [5.74, 6) is 0.654. The zero-order valence-electron chi connectivity index (χ0n) is 25.8. The van der Waals surface area contributed by atoms with E-state index in [9.17, 15) is 0 Å². The van der Waals surface area contributed by atoms with E-state index in [1.165, 1.54) is 5.39 Å². The predicted molar refractivity (Wildman–Crippen MR) is 197 cm³/mol. The van der Waals surface area contributed by atoms with Crippen LogP contribution in [0, 0.1) is 0 Å². The van der Waals surface area contributed by atoms with E-state index in [4.69, 9.17) is 15.0 Å². The van der Waals surface area contributed by atoms with E-state index < -0.39 is 0 Å². The third-order valence-corrected chi connectivity index (χ3v) is 9.38. The highest BCUT2D eigenvalue weighted by molar-refractivity contribution is 6.17. The van der Waals surface area contributed by atoms with Crippen LogP contribution < -0.4 is 0 Å². The van der Waals surface area contributed by atoms with E-state index in [0.29, 0.717) is 5.95 Å². The number of pyridine rings is 1. The van der Waals surface area contributed by atoms with Crippen LogP contribution in [-0.2, 0) is 0 Å². The van der Waals surface area contributed by atoms with Crippen LogP contribution in [0.5, 0.6) is 0 Å². The molecule has 6 aromatic carbocycles. The molecule has 5 heteroatoms. The summed E-state index contributed by atoms with van der Waals surface area (Å²) in [7, 11) is 0. The Balaban J connectivity index is 1.26. The standard InChI is InChI=1S/C43H27N5/c1-3-13-28(14-4-1)41-32-17-7-9-20-35(32)45-43(46-41)48-36-21-10-8-18-33(36)40-31(19-11-22-37(40)48)29-24-25-34-39(27-29)47(30-15-5-2-6-16-30)38-23-12-26-44-42(34)38/h1-27H. The molecular formula is C43H27N5. The SMILES string of the molecule is c1ccc(-c2nc(-n3c4ccccc4c4c(-c5ccc6c7ncccc7n(-c7ccccc7)c6c5)cccc43)nc3ccccc23)cc1. The molecule has 4 aromatic heterocycles. The van der Waals surface area contributed by atoms with Crippen molar-refractivity contribution in [3.05, 3.63) is 164 Å². The van der Waals surface area contributed by atoms with Crippen molar-refractivity contribution < 1.29 is 0 Å². The molecule has 0 radical (unpaired) electrons. The lowest BCUT2D eigenvalue weighted by Crippen LogP contribution is -2.03. The van der Waals surface area contributed by atoms with Gasteiger partial charge >= 0.3 is 0 Å². The van der Waals surface area contributed by atoms with E-state index >= 15 is 0 Å². The number of benzene rings is 6. The fraction of sp³-hybridized carbons (Fsp3) is 0. The molecule has 0 bridgehead atoms. The Kier molecular flexibility index (Phi) is 5.81. The van der Waals surface area contributed by atoms with Crippen LogP contribution in [0.3, 0.4) is 0 Å². The average molecular weight is 614 g/mol. The summed E-state index contributed by atoms with van der Waals surface area (Å²) < 4.78 is 4.54. The molecule has 0 fully saturated rings. The minimum atomic E-state index is 0.654. The third-order valence-electron chi connectivity index (χ3n) is 9.38. The Morgan fingerprint density at radius 1 is 0.438 bits per heavy atom. The van der Waals surface area contributed by atoms with Gasteiger partial charge in [0, 0.05) is 39.0 Å². The number of fused-ring (bicyclic) bond motifs is 7. The number of aromatic nitrogens is 5. The molecular weight excluding hydrogens is 587 g/mol. The molecule has 0 aliphatic carbocycles. The number of rotatable bonds is 4. The van der Waals surface area contributed by atoms with E-state index in [-0.39, 0.29) is 0 Å². The maximum Gasteiger partial charge on any atom is 0.235 e. The van der Waals surface area contributed by atoms with Crippen molar-refractivity contribution in [2.24, 2.45) is 0 Å². The van der Waals surface area contributed by atoms with Crippen molar-refractivity contribution in [2.75, 3.05) is 0 Å². The highest BCUT2D eigenvalue weighted by Crippen LogP contribution is 2.41. The molecule has 10 rings (SSSR count). The summed E-state index contributed by atoms with van der Waals surface area (Å²) in [5, 5.41) is 4.49. The second-order valence-corrected chi connectivity index (χ2v) is 12.1.